The number of nitrogens with zero attached hydrogens (tertiary/aromatic N) is 1. The summed E-state index contributed by atoms with van der Waals surface area (Å²) in [5.41, 5.74) is 1.16. The van der Waals surface area contributed by atoms with Gasteiger partial charge in [0.15, 0.2) is 0 Å². The van der Waals surface area contributed by atoms with Crippen LogP contribution in [0.4, 0.5) is 0 Å². The normalized spacial score (nSPS) is 99.9. The van der Waals surface area contributed by atoms with Gasteiger partial charge in [-0.3, -0.25) is 0 Å². The fraction of sp³-hybridized carbons (Fsp3) is 0.750. The fourth-order valence-corrected chi connectivity index (χ4v) is 93.2. The number of nitrogens with one attached hydrogen (secondary N) is 1. The predicted molar refractivity (Wildman–Crippen MR) is 69.7 cm³/mol. The van der Waals surface area contributed by atoms with Crippen LogP contribution in [-0.4, -0.2) is 22.8 Å². The van der Waals surface area contributed by atoms with Gasteiger partial charge >= 0.3 is 111 Å². The molecule has 0 aromatic carbocycles. The maximum atomic E-state index is 11.2. The van der Waals surface area contributed by atoms with Crippen LogP contribution in [0.25, 0.3) is 0 Å². The Hall–Kier alpha value is -0.801. The molecular formula is C16H16FeN2O2. The summed E-state index contributed by atoms with van der Waals surface area (Å²) in [6.07, 6.45) is 2.94. The van der Waals surface area contributed by atoms with E-state index in [1.54, 1.807) is 0 Å². The Balaban J connectivity index is 1.29. The van der Waals surface area contributed by atoms with E-state index in [-0.39, 0.29) is 6.10 Å². The third-order valence-corrected chi connectivity index (χ3v) is 59.1. The number of carbonyl (C=O) groups is 1. The van der Waals surface area contributed by atoms with Crippen LogP contribution < -0.4 is 0 Å². The zero-order valence-electron chi connectivity index (χ0n) is 11.3. The van der Waals surface area contributed by atoms with Gasteiger partial charge < -0.3 is 0 Å². The molecule has 1 aromatic heterocycles. The van der Waals surface area contributed by atoms with Gasteiger partial charge in [-0.25, -0.2) is 0 Å². The summed E-state index contributed by atoms with van der Waals surface area (Å²) in [6, 6.07) is 2.06. The minimum atomic E-state index is -3.16. The van der Waals surface area contributed by atoms with Gasteiger partial charge in [0, 0.05) is 0 Å². The summed E-state index contributed by atoms with van der Waals surface area (Å²) >= 11 is 0. The number of rotatable bonds is 5. The molecule has 21 heavy (non-hydrogen) atoms. The van der Waals surface area contributed by atoms with E-state index in [9.17, 15) is 4.79 Å². The molecule has 110 valence electrons. The summed E-state index contributed by atoms with van der Waals surface area (Å²) < 4.78 is 6.48. The second-order valence-corrected chi connectivity index (χ2v) is 35.3. The van der Waals surface area contributed by atoms with Crippen molar-refractivity contribution in [3.63, 3.8) is 0 Å². The Kier molecular flexibility index (Phi) is 0.304. The number of carbonyl (C=O) groups excluding carboxylic acids is 1. The third-order valence-electron chi connectivity index (χ3n) is 16.5. The van der Waals surface area contributed by atoms with E-state index >= 15 is 0 Å². The Morgan fingerprint density at radius 3 is 2.29 bits per heavy atom. The monoisotopic (exact) mass is 324 g/mol. The molecule has 1 spiro atoms. The minimum absolute atomic E-state index is 0.212. The van der Waals surface area contributed by atoms with Crippen LogP contribution in [0.15, 0.2) is 12.3 Å². The van der Waals surface area contributed by atoms with Crippen molar-refractivity contribution in [2.45, 2.75) is 60.2 Å². The van der Waals surface area contributed by atoms with Gasteiger partial charge in [0.25, 0.3) is 0 Å². The Morgan fingerprint density at radius 1 is 1.24 bits per heavy atom. The molecule has 4 nitrogen and oxygen atoms in total. The first kappa shape index (κ1) is 8.16. The van der Waals surface area contributed by atoms with E-state index in [0.717, 1.165) is 18.6 Å². The molecule has 5 atom stereocenters. The van der Waals surface area contributed by atoms with Crippen LogP contribution >= 0.6 is 0 Å². The van der Waals surface area contributed by atoms with Crippen molar-refractivity contribution in [1.82, 2.24) is 10.2 Å². The number of hydrogen-bond donors (Lipinski definition) is 1. The second kappa shape index (κ2) is 0.782. The summed E-state index contributed by atoms with van der Waals surface area (Å²) in [7, 11) is 0. The fourth-order valence-electron chi connectivity index (χ4n) is 18.2. The second-order valence-electron chi connectivity index (χ2n) is 11.7. The van der Waals surface area contributed by atoms with E-state index in [2.05, 4.69) is 16.3 Å². The van der Waals surface area contributed by atoms with Crippen LogP contribution in [0.1, 0.15) is 5.69 Å². The topological polar surface area (TPSA) is 55.0 Å². The van der Waals surface area contributed by atoms with Gasteiger partial charge in [-0.2, -0.15) is 0 Å². The van der Waals surface area contributed by atoms with E-state index in [1.807, 2.05) is 6.20 Å². The molecule has 1 N–H and O–H groups in total. The van der Waals surface area contributed by atoms with Gasteiger partial charge in [0.05, 0.1) is 0 Å². The average Bonchev–Trinajstić information content (AvgIpc) is 3.40. The summed E-state index contributed by atoms with van der Waals surface area (Å²) in [4.78, 5) is 22.6. The van der Waals surface area contributed by atoms with Gasteiger partial charge in [-0.1, -0.05) is 0 Å². The SMILES string of the molecule is O=COC(Cc1ccn[nH]1)[C]12[CH]3[CH]4[CH]5[CH]1[Fe]45321678[CH]2[CH]1[CH]6[CH]7[CH]28. The number of ether oxygens (including phenoxy) is 1. The van der Waals surface area contributed by atoms with Gasteiger partial charge in [-0.15, -0.1) is 0 Å². The van der Waals surface area contributed by atoms with Crippen molar-refractivity contribution in [2.24, 2.45) is 0 Å². The predicted octanol–water partition coefficient (Wildman–Crippen LogP) is 3.25. The Morgan fingerprint density at radius 2 is 1.90 bits per heavy atom. The number of fused-ring (bicyclic) bond motifs is 10. The van der Waals surface area contributed by atoms with Crippen LogP contribution in [0.2, 0.25) is 47.7 Å². The molecule has 0 radical (unpaired) electrons. The molecule has 11 heterocycles. The third kappa shape index (κ3) is 0.105. The summed E-state index contributed by atoms with van der Waals surface area (Å²) in [5, 5.41) is 7.20. The number of aromatic nitrogens is 2. The molecule has 10 aliphatic heterocycles. The molecule has 10 aliphatic rings. The van der Waals surface area contributed by atoms with Crippen molar-refractivity contribution in [2.75, 3.05) is 0 Å². The van der Waals surface area contributed by atoms with Gasteiger partial charge in [-0.05, 0) is 0 Å². The Bertz CT molecular complexity index is 1120. The first-order valence-corrected chi connectivity index (χ1v) is 14.7. The molecule has 0 amide bonds. The first-order valence-electron chi connectivity index (χ1n) is 8.37. The van der Waals surface area contributed by atoms with Crippen LogP contribution in [0.3, 0.4) is 0 Å². The quantitative estimate of drug-likeness (QED) is 0.668. The van der Waals surface area contributed by atoms with Crippen molar-refractivity contribution < 1.29 is 16.0 Å². The number of H-pyrrole nitrogens is 1. The maximum absolute atomic E-state index is 11.2. The molecule has 1 aromatic rings. The number of hydrogen-bond acceptors (Lipinski definition) is 3. The summed E-state index contributed by atoms with van der Waals surface area (Å²) in [5.74, 6) is 0. The standard InChI is InChI=1S/C11H11N2O2.C5H5.Fe/c14-8-15-11(9-3-1-2-4-9)7-10-5-6-12-13-10;1-2-4-5-3-1;/h1-6,8,11H,7H2,(H,12,13);1-5H;. The zero-order valence-corrected chi connectivity index (χ0v) is 12.4. The average molecular weight is 324 g/mol. The Labute approximate surface area is 111 Å². The van der Waals surface area contributed by atoms with Crippen LogP contribution in [0, 0.1) is 0 Å². The number of aromatic amines is 1. The molecule has 0 saturated carbocycles. The van der Waals surface area contributed by atoms with Crippen molar-refractivity contribution in [3.8, 4) is 0 Å². The van der Waals surface area contributed by atoms with Crippen LogP contribution in [-0.2, 0) is 22.5 Å². The van der Waals surface area contributed by atoms with Crippen molar-refractivity contribution in [3.05, 3.63) is 18.0 Å². The van der Waals surface area contributed by atoms with Gasteiger partial charge in [0.2, 0.25) is 0 Å². The van der Waals surface area contributed by atoms with E-state index < -0.39 is 6.51 Å². The molecule has 0 bridgehead atoms. The molecule has 5 unspecified atom stereocenters. The molecule has 10 fully saturated rings. The van der Waals surface area contributed by atoms with Crippen molar-refractivity contribution in [1.29, 1.82) is 0 Å². The van der Waals surface area contributed by atoms with Gasteiger partial charge in [0.1, 0.15) is 0 Å². The summed E-state index contributed by atoms with van der Waals surface area (Å²) in [6.45, 7) is -2.40. The van der Waals surface area contributed by atoms with Crippen molar-refractivity contribution >= 4 is 6.47 Å². The first-order chi connectivity index (χ1) is 10.1. The molecule has 0 aliphatic carbocycles. The zero-order chi connectivity index (χ0) is 13.1. The molecule has 11 rings (SSSR count). The van der Waals surface area contributed by atoms with E-state index in [4.69, 9.17) is 4.74 Å². The van der Waals surface area contributed by atoms with E-state index in [1.165, 1.54) is 43.3 Å². The molecule has 5 heteroatoms. The molecule has 10 saturated heterocycles. The molecular weight excluding hydrogens is 308 g/mol. The van der Waals surface area contributed by atoms with Crippen LogP contribution in [0.5, 0.6) is 0 Å². The van der Waals surface area contributed by atoms with E-state index in [0.29, 0.717) is 4.31 Å².